The number of aryl methyl sites for hydroxylation is 1. The van der Waals surface area contributed by atoms with Crippen LogP contribution in [0.3, 0.4) is 0 Å². The predicted octanol–water partition coefficient (Wildman–Crippen LogP) is 4.05. The molecule has 0 saturated carbocycles. The van der Waals surface area contributed by atoms with Gasteiger partial charge in [-0.25, -0.2) is 4.39 Å². The minimum atomic E-state index is -0.554. The number of rotatable bonds is 3. The third-order valence-corrected chi connectivity index (χ3v) is 3.07. The molecule has 0 unspecified atom stereocenters. The summed E-state index contributed by atoms with van der Waals surface area (Å²) >= 11 is 5.96. The second-order valence-electron chi connectivity index (χ2n) is 4.29. The van der Waals surface area contributed by atoms with E-state index < -0.39 is 11.7 Å². The van der Waals surface area contributed by atoms with Gasteiger partial charge in [-0.15, -0.1) is 0 Å². The monoisotopic (exact) mass is 293 g/mol. The predicted molar refractivity (Wildman–Crippen MR) is 77.1 cm³/mol. The van der Waals surface area contributed by atoms with Crippen LogP contribution in [0.2, 0.25) is 5.02 Å². The van der Waals surface area contributed by atoms with E-state index in [4.69, 9.17) is 16.3 Å². The molecule has 0 aliphatic carbocycles. The van der Waals surface area contributed by atoms with Gasteiger partial charge in [0.1, 0.15) is 11.6 Å². The molecule has 2 rings (SSSR count). The maximum atomic E-state index is 13.7. The molecule has 2 aromatic carbocycles. The third kappa shape index (κ3) is 3.08. The Morgan fingerprint density at radius 2 is 2.00 bits per heavy atom. The van der Waals surface area contributed by atoms with Crippen LogP contribution in [-0.2, 0) is 0 Å². The van der Waals surface area contributed by atoms with Gasteiger partial charge in [-0.3, -0.25) is 4.79 Å². The van der Waals surface area contributed by atoms with Crippen molar-refractivity contribution in [3.8, 4) is 5.75 Å². The molecule has 0 aliphatic rings. The first-order valence-corrected chi connectivity index (χ1v) is 6.30. The van der Waals surface area contributed by atoms with Crippen molar-refractivity contribution in [3.63, 3.8) is 0 Å². The van der Waals surface area contributed by atoms with Gasteiger partial charge in [-0.1, -0.05) is 17.7 Å². The van der Waals surface area contributed by atoms with Gasteiger partial charge in [-0.2, -0.15) is 0 Å². The number of amides is 1. The molecular weight excluding hydrogens is 281 g/mol. The quantitative estimate of drug-likeness (QED) is 0.927. The molecule has 0 heterocycles. The highest BCUT2D eigenvalue weighted by Gasteiger charge is 2.12. The molecule has 1 amide bonds. The van der Waals surface area contributed by atoms with Crippen molar-refractivity contribution < 1.29 is 13.9 Å². The second-order valence-corrected chi connectivity index (χ2v) is 4.69. The van der Waals surface area contributed by atoms with Gasteiger partial charge in [0.2, 0.25) is 0 Å². The average Bonchev–Trinajstić information content (AvgIpc) is 2.38. The number of carbonyl (C=O) groups is 1. The first kappa shape index (κ1) is 14.3. The molecule has 0 aliphatic heterocycles. The molecule has 0 aromatic heterocycles. The zero-order chi connectivity index (χ0) is 14.7. The van der Waals surface area contributed by atoms with Gasteiger partial charge in [0, 0.05) is 5.69 Å². The van der Waals surface area contributed by atoms with Crippen molar-refractivity contribution in [1.29, 1.82) is 0 Å². The highest BCUT2D eigenvalue weighted by atomic mass is 35.5. The lowest BCUT2D eigenvalue weighted by Gasteiger charge is -2.09. The van der Waals surface area contributed by atoms with Crippen LogP contribution in [0, 0.1) is 12.7 Å². The van der Waals surface area contributed by atoms with Crippen LogP contribution in [0.15, 0.2) is 36.4 Å². The van der Waals surface area contributed by atoms with E-state index >= 15 is 0 Å². The Balaban J connectivity index is 2.21. The van der Waals surface area contributed by atoms with E-state index in [0.717, 1.165) is 5.56 Å². The van der Waals surface area contributed by atoms with E-state index in [1.165, 1.54) is 19.2 Å². The van der Waals surface area contributed by atoms with Crippen LogP contribution in [0.25, 0.3) is 0 Å². The molecule has 3 nitrogen and oxygen atoms in total. The number of halogens is 2. The van der Waals surface area contributed by atoms with Crippen LogP contribution in [0.5, 0.6) is 5.75 Å². The summed E-state index contributed by atoms with van der Waals surface area (Å²) < 4.78 is 18.7. The van der Waals surface area contributed by atoms with E-state index in [-0.39, 0.29) is 5.56 Å². The molecule has 0 atom stereocenters. The summed E-state index contributed by atoms with van der Waals surface area (Å²) in [5, 5.41) is 2.96. The molecule has 0 radical (unpaired) electrons. The molecule has 0 saturated heterocycles. The first-order chi connectivity index (χ1) is 9.51. The van der Waals surface area contributed by atoms with Crippen molar-refractivity contribution in [2.24, 2.45) is 0 Å². The number of hydrogen-bond donors (Lipinski definition) is 1. The minimum absolute atomic E-state index is 0.0115. The zero-order valence-corrected chi connectivity index (χ0v) is 11.8. The van der Waals surface area contributed by atoms with E-state index in [0.29, 0.717) is 16.5 Å². The smallest absolute Gasteiger partial charge is 0.258 e. The molecule has 5 heteroatoms. The number of hydrogen-bond acceptors (Lipinski definition) is 2. The Labute approximate surface area is 121 Å². The number of anilines is 1. The Morgan fingerprint density at radius 3 is 2.60 bits per heavy atom. The summed E-state index contributed by atoms with van der Waals surface area (Å²) in [6, 6.07) is 9.25. The summed E-state index contributed by atoms with van der Waals surface area (Å²) in [5.74, 6) is -0.572. The molecule has 2 aromatic rings. The van der Waals surface area contributed by atoms with Gasteiger partial charge in [-0.05, 0) is 42.8 Å². The topological polar surface area (TPSA) is 38.3 Å². The summed E-state index contributed by atoms with van der Waals surface area (Å²) in [6.07, 6.45) is 0. The van der Waals surface area contributed by atoms with Crippen molar-refractivity contribution >= 4 is 23.2 Å². The molecule has 20 heavy (non-hydrogen) atoms. The number of carbonyl (C=O) groups excluding carboxylic acids is 1. The van der Waals surface area contributed by atoms with Gasteiger partial charge >= 0.3 is 0 Å². The normalized spacial score (nSPS) is 10.2. The fourth-order valence-electron chi connectivity index (χ4n) is 1.75. The third-order valence-electron chi connectivity index (χ3n) is 2.78. The SMILES string of the molecule is COc1ccc(NC(=O)c2ccc(C)cc2F)cc1Cl. The lowest BCUT2D eigenvalue weighted by Crippen LogP contribution is -2.13. The molecule has 0 spiro atoms. The van der Waals surface area contributed by atoms with E-state index in [2.05, 4.69) is 5.32 Å². The maximum Gasteiger partial charge on any atom is 0.258 e. The van der Waals surface area contributed by atoms with E-state index in [9.17, 15) is 9.18 Å². The fourth-order valence-corrected chi connectivity index (χ4v) is 2.00. The van der Waals surface area contributed by atoms with Gasteiger partial charge in [0.25, 0.3) is 5.91 Å². The highest BCUT2D eigenvalue weighted by Crippen LogP contribution is 2.27. The lowest BCUT2D eigenvalue weighted by molar-refractivity contribution is 0.102. The summed E-state index contributed by atoms with van der Waals surface area (Å²) in [4.78, 5) is 12.0. The van der Waals surface area contributed by atoms with Gasteiger partial charge in [0.05, 0.1) is 17.7 Å². The number of methoxy groups -OCH3 is 1. The summed E-state index contributed by atoms with van der Waals surface area (Å²) in [5.41, 5.74) is 1.22. The first-order valence-electron chi connectivity index (χ1n) is 5.92. The highest BCUT2D eigenvalue weighted by molar-refractivity contribution is 6.32. The Hall–Kier alpha value is -2.07. The fraction of sp³-hybridized carbons (Fsp3) is 0.133. The molecule has 0 fully saturated rings. The number of benzene rings is 2. The van der Waals surface area contributed by atoms with Crippen LogP contribution in [0.1, 0.15) is 15.9 Å². The van der Waals surface area contributed by atoms with Gasteiger partial charge < -0.3 is 10.1 Å². The average molecular weight is 294 g/mol. The van der Waals surface area contributed by atoms with Gasteiger partial charge in [0.15, 0.2) is 0 Å². The Kier molecular flexibility index (Phi) is 4.25. The lowest BCUT2D eigenvalue weighted by atomic mass is 10.1. The molecular formula is C15H13ClFNO2. The van der Waals surface area contributed by atoms with Crippen molar-refractivity contribution in [2.75, 3.05) is 12.4 Å². The summed E-state index contributed by atoms with van der Waals surface area (Å²) in [6.45, 7) is 1.76. The second kappa shape index (κ2) is 5.92. The number of ether oxygens (including phenoxy) is 1. The minimum Gasteiger partial charge on any atom is -0.495 e. The van der Waals surface area contributed by atoms with Crippen molar-refractivity contribution in [3.05, 3.63) is 58.4 Å². The zero-order valence-electron chi connectivity index (χ0n) is 11.0. The van der Waals surface area contributed by atoms with Crippen molar-refractivity contribution in [2.45, 2.75) is 6.92 Å². The Morgan fingerprint density at radius 1 is 1.25 bits per heavy atom. The van der Waals surface area contributed by atoms with Crippen molar-refractivity contribution in [1.82, 2.24) is 0 Å². The number of nitrogens with one attached hydrogen (secondary N) is 1. The maximum absolute atomic E-state index is 13.7. The van der Waals surface area contributed by atoms with E-state index in [1.54, 1.807) is 31.2 Å². The largest absolute Gasteiger partial charge is 0.495 e. The van der Waals surface area contributed by atoms with Crippen LogP contribution >= 0.6 is 11.6 Å². The van der Waals surface area contributed by atoms with Crippen LogP contribution < -0.4 is 10.1 Å². The van der Waals surface area contributed by atoms with E-state index in [1.807, 2.05) is 0 Å². The standard InChI is InChI=1S/C15H13ClFNO2/c1-9-3-5-11(13(17)7-9)15(19)18-10-4-6-14(20-2)12(16)8-10/h3-8H,1-2H3,(H,18,19). The molecule has 0 bridgehead atoms. The molecule has 104 valence electrons. The summed E-state index contributed by atoms with van der Waals surface area (Å²) in [7, 11) is 1.50. The van der Waals surface area contributed by atoms with Crippen LogP contribution in [0.4, 0.5) is 10.1 Å². The Bertz CT molecular complexity index is 658. The van der Waals surface area contributed by atoms with Crippen LogP contribution in [-0.4, -0.2) is 13.0 Å². The molecule has 1 N–H and O–H groups in total.